The van der Waals surface area contributed by atoms with Crippen LogP contribution in [-0.4, -0.2) is 5.11 Å². The van der Waals surface area contributed by atoms with E-state index in [-0.39, 0.29) is 12.2 Å². The van der Waals surface area contributed by atoms with Crippen molar-refractivity contribution in [3.8, 4) is 11.8 Å². The zero-order valence-corrected chi connectivity index (χ0v) is 11.9. The third-order valence-electron chi connectivity index (χ3n) is 3.25. The monoisotopic (exact) mass is 285 g/mol. The van der Waals surface area contributed by atoms with Gasteiger partial charge in [0.1, 0.15) is 18.2 Å². The highest BCUT2D eigenvalue weighted by molar-refractivity contribution is 5.37. The highest BCUT2D eigenvalue weighted by Crippen LogP contribution is 2.24. The molecule has 2 aromatic rings. The molecule has 1 N–H and O–H groups in total. The Bertz CT molecular complexity index is 690. The molecule has 0 saturated carbocycles. The van der Waals surface area contributed by atoms with Crippen molar-refractivity contribution in [3.63, 3.8) is 0 Å². The van der Waals surface area contributed by atoms with Gasteiger partial charge < -0.3 is 9.84 Å². The van der Waals surface area contributed by atoms with Crippen molar-refractivity contribution in [2.24, 2.45) is 0 Å². The molecule has 4 heteroatoms. The van der Waals surface area contributed by atoms with E-state index in [9.17, 15) is 9.50 Å². The molecule has 2 rings (SSSR count). The Labute approximate surface area is 123 Å². The molecule has 1 atom stereocenters. The van der Waals surface area contributed by atoms with E-state index in [4.69, 9.17) is 10.00 Å². The zero-order chi connectivity index (χ0) is 15.4. The fraction of sp³-hybridized carbons (Fsp3) is 0.235. The van der Waals surface area contributed by atoms with Crippen LogP contribution in [-0.2, 0) is 6.61 Å². The molecule has 0 bridgehead atoms. The Morgan fingerprint density at radius 2 is 2.05 bits per heavy atom. The number of aliphatic hydroxyl groups is 1. The van der Waals surface area contributed by atoms with E-state index in [0.717, 1.165) is 11.1 Å². The van der Waals surface area contributed by atoms with E-state index in [1.54, 1.807) is 31.2 Å². The average Bonchev–Trinajstić information content (AvgIpc) is 2.46. The van der Waals surface area contributed by atoms with Gasteiger partial charge in [0.15, 0.2) is 0 Å². The van der Waals surface area contributed by atoms with Crippen molar-refractivity contribution in [1.29, 1.82) is 5.26 Å². The summed E-state index contributed by atoms with van der Waals surface area (Å²) in [5.41, 5.74) is 2.37. The average molecular weight is 285 g/mol. The van der Waals surface area contributed by atoms with Crippen molar-refractivity contribution >= 4 is 0 Å². The minimum Gasteiger partial charge on any atom is -0.489 e. The summed E-state index contributed by atoms with van der Waals surface area (Å²) < 4.78 is 19.4. The summed E-state index contributed by atoms with van der Waals surface area (Å²) in [6, 6.07) is 11.6. The largest absolute Gasteiger partial charge is 0.489 e. The quantitative estimate of drug-likeness (QED) is 0.933. The topological polar surface area (TPSA) is 53.2 Å². The summed E-state index contributed by atoms with van der Waals surface area (Å²) >= 11 is 0. The Balaban J connectivity index is 2.12. The number of nitriles is 1. The molecule has 0 saturated heterocycles. The van der Waals surface area contributed by atoms with Gasteiger partial charge in [-0.3, -0.25) is 0 Å². The molecule has 1 unspecified atom stereocenters. The van der Waals surface area contributed by atoms with Gasteiger partial charge in [0.2, 0.25) is 0 Å². The number of aryl methyl sites for hydroxylation is 1. The second kappa shape index (κ2) is 6.38. The molecule has 0 fully saturated rings. The lowest BCUT2D eigenvalue weighted by molar-refractivity contribution is 0.199. The summed E-state index contributed by atoms with van der Waals surface area (Å²) in [6.07, 6.45) is -0.534. The smallest absolute Gasteiger partial charge is 0.131 e. The fourth-order valence-corrected chi connectivity index (χ4v) is 1.98. The first-order valence-electron chi connectivity index (χ1n) is 6.61. The van der Waals surface area contributed by atoms with Gasteiger partial charge in [-0.15, -0.1) is 0 Å². The molecule has 0 aliphatic carbocycles. The van der Waals surface area contributed by atoms with Gasteiger partial charge in [-0.25, -0.2) is 4.39 Å². The molecular weight excluding hydrogens is 269 g/mol. The second-order valence-electron chi connectivity index (χ2n) is 4.91. The summed E-state index contributed by atoms with van der Waals surface area (Å²) in [6.45, 7) is 3.66. The van der Waals surface area contributed by atoms with Crippen LogP contribution in [0.4, 0.5) is 4.39 Å². The SMILES string of the molecule is Cc1cc(C(C)O)ccc1OCc1ccc(C#N)cc1F. The van der Waals surface area contributed by atoms with E-state index in [0.29, 0.717) is 11.3 Å². The van der Waals surface area contributed by atoms with Gasteiger partial charge >= 0.3 is 0 Å². The van der Waals surface area contributed by atoms with Crippen LogP contribution >= 0.6 is 0 Å². The van der Waals surface area contributed by atoms with Gasteiger partial charge in [-0.05, 0) is 49.2 Å². The van der Waals surface area contributed by atoms with Gasteiger partial charge in [-0.1, -0.05) is 12.1 Å². The molecule has 21 heavy (non-hydrogen) atoms. The number of ether oxygens (including phenoxy) is 1. The lowest BCUT2D eigenvalue weighted by atomic mass is 10.1. The highest BCUT2D eigenvalue weighted by atomic mass is 19.1. The molecular formula is C17H16FNO2. The Morgan fingerprint density at radius 1 is 1.29 bits per heavy atom. The maximum atomic E-state index is 13.7. The van der Waals surface area contributed by atoms with Gasteiger partial charge in [0, 0.05) is 5.56 Å². The van der Waals surface area contributed by atoms with Gasteiger partial charge in [0.05, 0.1) is 17.7 Å². The van der Waals surface area contributed by atoms with Crippen LogP contribution in [0.25, 0.3) is 0 Å². The molecule has 0 aliphatic heterocycles. The number of benzene rings is 2. The summed E-state index contributed by atoms with van der Waals surface area (Å²) in [7, 11) is 0. The standard InChI is InChI=1S/C17H16FNO2/c1-11-7-14(12(2)20)5-6-17(11)21-10-15-4-3-13(9-19)8-16(15)18/h3-8,12,20H,10H2,1-2H3. The predicted molar refractivity (Wildman–Crippen MR) is 77.3 cm³/mol. The minimum absolute atomic E-state index is 0.0897. The maximum absolute atomic E-state index is 13.7. The molecule has 0 radical (unpaired) electrons. The molecule has 0 amide bonds. The fourth-order valence-electron chi connectivity index (χ4n) is 1.98. The van der Waals surface area contributed by atoms with Crippen LogP contribution < -0.4 is 4.74 Å². The number of rotatable bonds is 4. The Morgan fingerprint density at radius 3 is 2.62 bits per heavy atom. The predicted octanol–water partition coefficient (Wildman–Crippen LogP) is 3.64. The van der Waals surface area contributed by atoms with E-state index in [1.807, 2.05) is 19.1 Å². The lowest BCUT2D eigenvalue weighted by Crippen LogP contribution is -2.01. The van der Waals surface area contributed by atoms with Crippen molar-refractivity contribution < 1.29 is 14.2 Å². The Kier molecular flexibility index (Phi) is 4.56. The normalized spacial score (nSPS) is 11.8. The van der Waals surface area contributed by atoms with E-state index in [1.165, 1.54) is 6.07 Å². The van der Waals surface area contributed by atoms with Gasteiger partial charge in [-0.2, -0.15) is 5.26 Å². The maximum Gasteiger partial charge on any atom is 0.131 e. The Hall–Kier alpha value is -2.38. The number of hydrogen-bond acceptors (Lipinski definition) is 3. The molecule has 3 nitrogen and oxygen atoms in total. The van der Waals surface area contributed by atoms with Crippen molar-refractivity contribution in [2.45, 2.75) is 26.6 Å². The first kappa shape index (κ1) is 15.0. The molecule has 0 heterocycles. The van der Waals surface area contributed by atoms with Crippen molar-refractivity contribution in [3.05, 3.63) is 64.5 Å². The van der Waals surface area contributed by atoms with E-state index < -0.39 is 11.9 Å². The van der Waals surface area contributed by atoms with E-state index >= 15 is 0 Å². The molecule has 2 aromatic carbocycles. The number of aliphatic hydroxyl groups excluding tert-OH is 1. The second-order valence-corrected chi connectivity index (χ2v) is 4.91. The van der Waals surface area contributed by atoms with Crippen LogP contribution in [0.5, 0.6) is 5.75 Å². The van der Waals surface area contributed by atoms with Crippen molar-refractivity contribution in [2.75, 3.05) is 0 Å². The summed E-state index contributed by atoms with van der Waals surface area (Å²) in [4.78, 5) is 0. The third kappa shape index (κ3) is 3.59. The molecule has 108 valence electrons. The van der Waals surface area contributed by atoms with E-state index in [2.05, 4.69) is 0 Å². The van der Waals surface area contributed by atoms with Crippen LogP contribution in [0.2, 0.25) is 0 Å². The van der Waals surface area contributed by atoms with Crippen molar-refractivity contribution in [1.82, 2.24) is 0 Å². The molecule has 0 aromatic heterocycles. The molecule has 0 aliphatic rings. The van der Waals surface area contributed by atoms with Crippen LogP contribution in [0.15, 0.2) is 36.4 Å². The van der Waals surface area contributed by atoms with Crippen LogP contribution in [0.3, 0.4) is 0 Å². The number of hydrogen-bond donors (Lipinski definition) is 1. The lowest BCUT2D eigenvalue weighted by Gasteiger charge is -2.12. The van der Waals surface area contributed by atoms with Crippen LogP contribution in [0, 0.1) is 24.1 Å². The zero-order valence-electron chi connectivity index (χ0n) is 11.9. The number of nitrogens with zero attached hydrogens (tertiary/aromatic N) is 1. The van der Waals surface area contributed by atoms with Gasteiger partial charge in [0.25, 0.3) is 0 Å². The summed E-state index contributed by atoms with van der Waals surface area (Å²) in [5, 5.41) is 18.2. The number of halogens is 1. The first-order chi connectivity index (χ1) is 10.0. The highest BCUT2D eigenvalue weighted by Gasteiger charge is 2.08. The minimum atomic E-state index is -0.534. The first-order valence-corrected chi connectivity index (χ1v) is 6.61. The summed E-state index contributed by atoms with van der Waals surface area (Å²) in [5.74, 6) is 0.190. The third-order valence-corrected chi connectivity index (χ3v) is 3.25. The molecule has 0 spiro atoms. The van der Waals surface area contributed by atoms with Crippen LogP contribution in [0.1, 0.15) is 35.3 Å².